The van der Waals surface area contributed by atoms with Gasteiger partial charge >= 0.3 is 6.18 Å². The molecule has 1 N–H and O–H groups in total. The lowest BCUT2D eigenvalue weighted by molar-refractivity contribution is -0.141. The lowest BCUT2D eigenvalue weighted by Crippen LogP contribution is -2.23. The summed E-state index contributed by atoms with van der Waals surface area (Å²) in [6.07, 6.45) is -4.59. The Morgan fingerprint density at radius 2 is 2.10 bits per heavy atom. The van der Waals surface area contributed by atoms with Gasteiger partial charge in [0.25, 0.3) is 5.91 Å². The first kappa shape index (κ1) is 14.8. The van der Waals surface area contributed by atoms with Gasteiger partial charge in [-0.1, -0.05) is 17.7 Å². The summed E-state index contributed by atoms with van der Waals surface area (Å²) in [4.78, 5) is 15.9. The van der Waals surface area contributed by atoms with Crippen molar-refractivity contribution in [2.45, 2.75) is 12.7 Å². The van der Waals surface area contributed by atoms with Crippen molar-refractivity contribution >= 4 is 28.8 Å². The summed E-state index contributed by atoms with van der Waals surface area (Å²) in [5, 5.41) is 3.95. The number of aromatic nitrogens is 1. The van der Waals surface area contributed by atoms with Gasteiger partial charge in [0.2, 0.25) is 0 Å². The van der Waals surface area contributed by atoms with Crippen LogP contribution in [0.15, 0.2) is 29.6 Å². The van der Waals surface area contributed by atoms with Gasteiger partial charge in [-0.3, -0.25) is 4.79 Å². The van der Waals surface area contributed by atoms with E-state index < -0.39 is 22.9 Å². The van der Waals surface area contributed by atoms with Crippen LogP contribution in [-0.4, -0.2) is 10.9 Å². The van der Waals surface area contributed by atoms with Crippen LogP contribution in [0.2, 0.25) is 5.15 Å². The highest BCUT2D eigenvalue weighted by Crippen LogP contribution is 2.29. The second kappa shape index (κ2) is 5.80. The van der Waals surface area contributed by atoms with E-state index in [2.05, 4.69) is 10.3 Å². The number of hydrogen-bond acceptors (Lipinski definition) is 3. The molecule has 0 aliphatic heterocycles. The number of thiophene rings is 1. The summed E-state index contributed by atoms with van der Waals surface area (Å²) in [6.45, 7) is 0.286. The molecule has 0 aliphatic carbocycles. The molecule has 0 saturated heterocycles. The van der Waals surface area contributed by atoms with E-state index in [-0.39, 0.29) is 12.1 Å². The SMILES string of the molecule is O=C(NCc1cccs1)c1ccc(C(F)(F)F)nc1Cl. The Balaban J connectivity index is 2.10. The van der Waals surface area contributed by atoms with E-state index in [4.69, 9.17) is 11.6 Å². The number of nitrogens with zero attached hydrogens (tertiary/aromatic N) is 1. The number of amides is 1. The fourth-order valence-electron chi connectivity index (χ4n) is 1.44. The second-order valence-electron chi connectivity index (χ2n) is 3.79. The van der Waals surface area contributed by atoms with Gasteiger partial charge in [-0.05, 0) is 23.6 Å². The average Bonchev–Trinajstić information content (AvgIpc) is 2.87. The monoisotopic (exact) mass is 320 g/mol. The highest BCUT2D eigenvalue weighted by molar-refractivity contribution is 7.09. The first-order valence-electron chi connectivity index (χ1n) is 5.42. The molecule has 0 fully saturated rings. The van der Waals surface area contributed by atoms with Crippen molar-refractivity contribution < 1.29 is 18.0 Å². The molecule has 0 bridgehead atoms. The van der Waals surface area contributed by atoms with Gasteiger partial charge in [0.1, 0.15) is 10.8 Å². The summed E-state index contributed by atoms with van der Waals surface area (Å²) in [7, 11) is 0. The predicted molar refractivity (Wildman–Crippen MR) is 69.7 cm³/mol. The molecule has 0 aromatic carbocycles. The topological polar surface area (TPSA) is 42.0 Å². The van der Waals surface area contributed by atoms with Crippen LogP contribution in [0.1, 0.15) is 20.9 Å². The van der Waals surface area contributed by atoms with Crippen molar-refractivity contribution in [3.8, 4) is 0 Å². The smallest absolute Gasteiger partial charge is 0.347 e. The number of hydrogen-bond donors (Lipinski definition) is 1. The van der Waals surface area contributed by atoms with E-state index in [1.807, 2.05) is 17.5 Å². The molecule has 0 spiro atoms. The van der Waals surface area contributed by atoms with Crippen molar-refractivity contribution in [2.75, 3.05) is 0 Å². The van der Waals surface area contributed by atoms with Gasteiger partial charge in [0.15, 0.2) is 0 Å². The summed E-state index contributed by atoms with van der Waals surface area (Å²) >= 11 is 7.08. The average molecular weight is 321 g/mol. The molecule has 20 heavy (non-hydrogen) atoms. The number of pyridine rings is 1. The maximum atomic E-state index is 12.4. The van der Waals surface area contributed by atoms with Crippen molar-refractivity contribution in [2.24, 2.45) is 0 Å². The second-order valence-corrected chi connectivity index (χ2v) is 5.18. The maximum absolute atomic E-state index is 12.4. The van der Waals surface area contributed by atoms with Gasteiger partial charge < -0.3 is 5.32 Å². The Morgan fingerprint density at radius 1 is 1.35 bits per heavy atom. The molecule has 2 rings (SSSR count). The van der Waals surface area contributed by atoms with Crippen LogP contribution in [0.4, 0.5) is 13.2 Å². The molecule has 0 radical (unpaired) electrons. The minimum atomic E-state index is -4.59. The summed E-state index contributed by atoms with van der Waals surface area (Å²) in [5.74, 6) is -0.565. The maximum Gasteiger partial charge on any atom is 0.433 e. The number of rotatable bonds is 3. The fourth-order valence-corrected chi connectivity index (χ4v) is 2.32. The Hall–Kier alpha value is -1.60. The van der Waals surface area contributed by atoms with Crippen LogP contribution in [0.3, 0.4) is 0 Å². The van der Waals surface area contributed by atoms with Crippen LogP contribution < -0.4 is 5.32 Å². The minimum absolute atomic E-state index is 0.0868. The third-order valence-corrected chi connectivity index (χ3v) is 3.55. The number of carbonyl (C=O) groups excluding carboxylic acids is 1. The van der Waals surface area contributed by atoms with E-state index in [1.165, 1.54) is 11.3 Å². The van der Waals surface area contributed by atoms with Gasteiger partial charge in [-0.2, -0.15) is 13.2 Å². The standard InChI is InChI=1S/C12H8ClF3N2OS/c13-10-8(3-4-9(18-10)12(14,15)16)11(19)17-6-7-2-1-5-20-7/h1-5H,6H2,(H,17,19). The van der Waals surface area contributed by atoms with E-state index in [9.17, 15) is 18.0 Å². The Morgan fingerprint density at radius 3 is 2.65 bits per heavy atom. The molecule has 0 unspecified atom stereocenters. The molecule has 2 aromatic heterocycles. The Kier molecular flexibility index (Phi) is 4.29. The first-order chi connectivity index (χ1) is 9.38. The van der Waals surface area contributed by atoms with E-state index in [0.29, 0.717) is 0 Å². The van der Waals surface area contributed by atoms with Crippen molar-refractivity contribution in [3.05, 3.63) is 50.9 Å². The predicted octanol–water partition coefficient (Wildman–Crippen LogP) is 3.75. The van der Waals surface area contributed by atoms with Crippen LogP contribution in [0.25, 0.3) is 0 Å². The molecule has 0 aliphatic rings. The molecule has 0 saturated carbocycles. The number of nitrogens with one attached hydrogen (secondary N) is 1. The van der Waals surface area contributed by atoms with Crippen LogP contribution in [-0.2, 0) is 12.7 Å². The Labute approximate surface area is 121 Å². The normalized spacial score (nSPS) is 11.4. The first-order valence-corrected chi connectivity index (χ1v) is 6.68. The van der Waals surface area contributed by atoms with Crippen molar-refractivity contribution in [1.82, 2.24) is 10.3 Å². The number of carbonyl (C=O) groups is 1. The molecular weight excluding hydrogens is 313 g/mol. The number of halogens is 4. The fraction of sp³-hybridized carbons (Fsp3) is 0.167. The zero-order chi connectivity index (χ0) is 14.8. The molecule has 1 amide bonds. The lowest BCUT2D eigenvalue weighted by atomic mass is 10.2. The van der Waals surface area contributed by atoms with Crippen LogP contribution in [0.5, 0.6) is 0 Å². The molecule has 0 atom stereocenters. The largest absolute Gasteiger partial charge is 0.433 e. The van der Waals surface area contributed by atoms with E-state index in [1.54, 1.807) is 0 Å². The number of alkyl halides is 3. The highest BCUT2D eigenvalue weighted by atomic mass is 35.5. The summed E-state index contributed by atoms with van der Waals surface area (Å²) in [6, 6.07) is 5.41. The lowest BCUT2D eigenvalue weighted by Gasteiger charge is -2.09. The van der Waals surface area contributed by atoms with E-state index in [0.717, 1.165) is 17.0 Å². The molecular formula is C12H8ClF3N2OS. The van der Waals surface area contributed by atoms with Crippen LogP contribution >= 0.6 is 22.9 Å². The van der Waals surface area contributed by atoms with E-state index >= 15 is 0 Å². The van der Waals surface area contributed by atoms with Gasteiger partial charge in [0, 0.05) is 4.88 Å². The molecule has 2 aromatic rings. The van der Waals surface area contributed by atoms with Crippen molar-refractivity contribution in [3.63, 3.8) is 0 Å². The van der Waals surface area contributed by atoms with Gasteiger partial charge in [0.05, 0.1) is 12.1 Å². The zero-order valence-electron chi connectivity index (χ0n) is 9.87. The summed E-state index contributed by atoms with van der Waals surface area (Å²) < 4.78 is 37.2. The van der Waals surface area contributed by atoms with Gasteiger partial charge in [-0.15, -0.1) is 11.3 Å². The highest BCUT2D eigenvalue weighted by Gasteiger charge is 2.33. The Bertz CT molecular complexity index is 614. The molecule has 8 heteroatoms. The molecule has 2 heterocycles. The third-order valence-electron chi connectivity index (χ3n) is 2.39. The third kappa shape index (κ3) is 3.49. The minimum Gasteiger partial charge on any atom is -0.347 e. The quantitative estimate of drug-likeness (QED) is 0.875. The van der Waals surface area contributed by atoms with Gasteiger partial charge in [-0.25, -0.2) is 4.98 Å². The van der Waals surface area contributed by atoms with Crippen LogP contribution in [0, 0.1) is 0 Å². The zero-order valence-corrected chi connectivity index (χ0v) is 11.4. The summed E-state index contributed by atoms with van der Waals surface area (Å²) in [5.41, 5.74) is -1.21. The molecule has 106 valence electrons. The molecule has 3 nitrogen and oxygen atoms in total. The van der Waals surface area contributed by atoms with Crippen molar-refractivity contribution in [1.29, 1.82) is 0 Å².